The molecular weight excluding hydrogens is 260 g/mol. The quantitative estimate of drug-likeness (QED) is 0.823. The molecular formula is C18H28N2O. The standard InChI is InChI=1S/C18H28N2O/c1-3-16(14-10-6-5-7-11-14)20-18(21)15-12-8-9-13-17(15)19-4-2/h8-9,12-14,16,19H,3-7,10-11H2,1-2H3,(H,20,21). The molecule has 2 N–H and O–H groups in total. The summed E-state index contributed by atoms with van der Waals surface area (Å²) in [7, 11) is 0. The Kier molecular flexibility index (Phi) is 6.09. The van der Waals surface area contributed by atoms with Crippen LogP contribution in [0.5, 0.6) is 0 Å². The van der Waals surface area contributed by atoms with Crippen LogP contribution in [0.3, 0.4) is 0 Å². The van der Waals surface area contributed by atoms with Crippen molar-refractivity contribution in [2.24, 2.45) is 5.92 Å². The second-order valence-corrected chi connectivity index (χ2v) is 5.96. The third-order valence-electron chi connectivity index (χ3n) is 4.51. The number of para-hydroxylation sites is 1. The highest BCUT2D eigenvalue weighted by Crippen LogP contribution is 2.28. The summed E-state index contributed by atoms with van der Waals surface area (Å²) in [4.78, 5) is 12.6. The summed E-state index contributed by atoms with van der Waals surface area (Å²) in [6.45, 7) is 5.05. The molecule has 1 fully saturated rings. The van der Waals surface area contributed by atoms with E-state index in [2.05, 4.69) is 17.6 Å². The number of carbonyl (C=O) groups excluding carboxylic acids is 1. The van der Waals surface area contributed by atoms with Crippen LogP contribution in [0.25, 0.3) is 0 Å². The van der Waals surface area contributed by atoms with E-state index in [-0.39, 0.29) is 5.91 Å². The Morgan fingerprint density at radius 3 is 2.57 bits per heavy atom. The van der Waals surface area contributed by atoms with Crippen molar-refractivity contribution in [3.05, 3.63) is 29.8 Å². The summed E-state index contributed by atoms with van der Waals surface area (Å²) < 4.78 is 0. The largest absolute Gasteiger partial charge is 0.385 e. The van der Waals surface area contributed by atoms with Crippen molar-refractivity contribution < 1.29 is 4.79 Å². The smallest absolute Gasteiger partial charge is 0.253 e. The molecule has 0 heterocycles. The maximum Gasteiger partial charge on any atom is 0.253 e. The van der Waals surface area contributed by atoms with E-state index in [9.17, 15) is 4.79 Å². The summed E-state index contributed by atoms with van der Waals surface area (Å²) in [5, 5.41) is 6.54. The summed E-state index contributed by atoms with van der Waals surface area (Å²) in [5.41, 5.74) is 1.68. The number of hydrogen-bond donors (Lipinski definition) is 2. The predicted octanol–water partition coefficient (Wildman–Crippen LogP) is 4.21. The SMILES string of the molecule is CCNc1ccccc1C(=O)NC(CC)C1CCCCC1. The molecule has 1 aromatic carbocycles. The Bertz CT molecular complexity index is 452. The molecule has 21 heavy (non-hydrogen) atoms. The molecule has 3 nitrogen and oxygen atoms in total. The predicted molar refractivity (Wildman–Crippen MR) is 88.7 cm³/mol. The first-order valence-corrected chi connectivity index (χ1v) is 8.40. The van der Waals surface area contributed by atoms with E-state index in [0.717, 1.165) is 24.2 Å². The normalized spacial score (nSPS) is 17.2. The minimum atomic E-state index is 0.0592. The van der Waals surface area contributed by atoms with Crippen LogP contribution in [-0.2, 0) is 0 Å². The lowest BCUT2D eigenvalue weighted by Gasteiger charge is -2.30. The average molecular weight is 288 g/mol. The van der Waals surface area contributed by atoms with Crippen LogP contribution >= 0.6 is 0 Å². The molecule has 1 amide bonds. The molecule has 0 bridgehead atoms. The van der Waals surface area contributed by atoms with Gasteiger partial charge in [-0.05, 0) is 44.2 Å². The van der Waals surface area contributed by atoms with Gasteiger partial charge in [-0.15, -0.1) is 0 Å². The van der Waals surface area contributed by atoms with Crippen LogP contribution in [0, 0.1) is 5.92 Å². The molecule has 0 saturated heterocycles. The average Bonchev–Trinajstić information content (AvgIpc) is 2.54. The summed E-state index contributed by atoms with van der Waals surface area (Å²) in [6.07, 6.45) is 7.50. The molecule has 1 saturated carbocycles. The maximum absolute atomic E-state index is 12.6. The van der Waals surface area contributed by atoms with Crippen LogP contribution in [-0.4, -0.2) is 18.5 Å². The molecule has 0 aromatic heterocycles. The molecule has 2 rings (SSSR count). The number of benzene rings is 1. The minimum Gasteiger partial charge on any atom is -0.385 e. The maximum atomic E-state index is 12.6. The molecule has 1 unspecified atom stereocenters. The lowest BCUT2D eigenvalue weighted by Crippen LogP contribution is -2.40. The Balaban J connectivity index is 2.05. The van der Waals surface area contributed by atoms with Gasteiger partial charge in [-0.1, -0.05) is 38.3 Å². The molecule has 1 aromatic rings. The van der Waals surface area contributed by atoms with Gasteiger partial charge < -0.3 is 10.6 Å². The molecule has 116 valence electrons. The Hall–Kier alpha value is -1.51. The van der Waals surface area contributed by atoms with Crippen LogP contribution in [0.15, 0.2) is 24.3 Å². The van der Waals surface area contributed by atoms with Crippen molar-refractivity contribution in [3.8, 4) is 0 Å². The van der Waals surface area contributed by atoms with Crippen molar-refractivity contribution in [1.82, 2.24) is 5.32 Å². The van der Waals surface area contributed by atoms with Gasteiger partial charge in [0, 0.05) is 18.3 Å². The van der Waals surface area contributed by atoms with Gasteiger partial charge in [-0.2, -0.15) is 0 Å². The highest BCUT2D eigenvalue weighted by Gasteiger charge is 2.24. The van der Waals surface area contributed by atoms with Gasteiger partial charge in [0.1, 0.15) is 0 Å². The zero-order valence-corrected chi connectivity index (χ0v) is 13.3. The van der Waals surface area contributed by atoms with Crippen molar-refractivity contribution in [2.75, 3.05) is 11.9 Å². The molecule has 1 atom stereocenters. The molecule has 1 aliphatic rings. The third-order valence-corrected chi connectivity index (χ3v) is 4.51. The van der Waals surface area contributed by atoms with E-state index in [1.165, 1.54) is 32.1 Å². The van der Waals surface area contributed by atoms with Gasteiger partial charge in [0.2, 0.25) is 0 Å². The van der Waals surface area contributed by atoms with Gasteiger partial charge in [0.15, 0.2) is 0 Å². The monoisotopic (exact) mass is 288 g/mol. The van der Waals surface area contributed by atoms with Gasteiger partial charge in [-0.3, -0.25) is 4.79 Å². The molecule has 3 heteroatoms. The fourth-order valence-electron chi connectivity index (χ4n) is 3.36. The number of carbonyl (C=O) groups is 1. The lowest BCUT2D eigenvalue weighted by atomic mass is 9.83. The fraction of sp³-hybridized carbons (Fsp3) is 0.611. The number of amides is 1. The van der Waals surface area contributed by atoms with Crippen LogP contribution in [0.1, 0.15) is 62.7 Å². The minimum absolute atomic E-state index is 0.0592. The first kappa shape index (κ1) is 15.9. The van der Waals surface area contributed by atoms with Crippen LogP contribution in [0.2, 0.25) is 0 Å². The molecule has 0 aliphatic heterocycles. The second kappa shape index (κ2) is 8.06. The zero-order chi connectivity index (χ0) is 15.1. The first-order chi connectivity index (χ1) is 10.3. The van der Waals surface area contributed by atoms with E-state index >= 15 is 0 Å². The van der Waals surface area contributed by atoms with E-state index in [4.69, 9.17) is 0 Å². The summed E-state index contributed by atoms with van der Waals surface area (Å²) >= 11 is 0. The zero-order valence-electron chi connectivity index (χ0n) is 13.3. The van der Waals surface area contributed by atoms with Crippen LogP contribution in [0.4, 0.5) is 5.69 Å². The highest BCUT2D eigenvalue weighted by atomic mass is 16.1. The summed E-state index contributed by atoms with van der Waals surface area (Å²) in [5.74, 6) is 0.711. The number of nitrogens with one attached hydrogen (secondary N) is 2. The van der Waals surface area contributed by atoms with Gasteiger partial charge >= 0.3 is 0 Å². The lowest BCUT2D eigenvalue weighted by molar-refractivity contribution is 0.0912. The van der Waals surface area contributed by atoms with Gasteiger partial charge in [0.25, 0.3) is 5.91 Å². The van der Waals surface area contributed by atoms with E-state index < -0.39 is 0 Å². The Morgan fingerprint density at radius 2 is 1.90 bits per heavy atom. The Morgan fingerprint density at radius 1 is 1.19 bits per heavy atom. The van der Waals surface area contributed by atoms with Gasteiger partial charge in [0.05, 0.1) is 5.56 Å². The molecule has 1 aliphatic carbocycles. The van der Waals surface area contributed by atoms with E-state index in [1.807, 2.05) is 31.2 Å². The fourth-order valence-corrected chi connectivity index (χ4v) is 3.36. The summed E-state index contributed by atoms with van der Waals surface area (Å²) in [6, 6.07) is 8.08. The first-order valence-electron chi connectivity index (χ1n) is 8.40. The highest BCUT2D eigenvalue weighted by molar-refractivity contribution is 5.99. The second-order valence-electron chi connectivity index (χ2n) is 5.96. The van der Waals surface area contributed by atoms with E-state index in [1.54, 1.807) is 0 Å². The number of rotatable bonds is 6. The van der Waals surface area contributed by atoms with Crippen molar-refractivity contribution in [2.45, 2.75) is 58.4 Å². The Labute approximate surface area is 128 Å². The van der Waals surface area contributed by atoms with Crippen molar-refractivity contribution in [1.29, 1.82) is 0 Å². The topological polar surface area (TPSA) is 41.1 Å². The molecule has 0 spiro atoms. The number of hydrogen-bond acceptors (Lipinski definition) is 2. The van der Waals surface area contributed by atoms with Crippen molar-refractivity contribution in [3.63, 3.8) is 0 Å². The van der Waals surface area contributed by atoms with E-state index in [0.29, 0.717) is 12.0 Å². The number of anilines is 1. The molecule has 0 radical (unpaired) electrons. The van der Waals surface area contributed by atoms with Gasteiger partial charge in [-0.25, -0.2) is 0 Å². The third kappa shape index (κ3) is 4.23. The van der Waals surface area contributed by atoms with Crippen molar-refractivity contribution >= 4 is 11.6 Å². The van der Waals surface area contributed by atoms with Crippen LogP contribution < -0.4 is 10.6 Å².